The number of carboxylic acids is 4. The molecular formula is C43H77N11O15. The number of unbranched alkanes of at least 4 members (excludes halogenated alkanes) is 3. The first-order valence-corrected chi connectivity index (χ1v) is 23.2. The van der Waals surface area contributed by atoms with Gasteiger partial charge in [-0.25, -0.2) is 4.79 Å². The SMILES string of the molecule is CC(C)CC(NC(=O)C(N)CC(=O)O)C(=O)NC(CCCCN)C(=O)NC(CCC(=O)O)C(=O)NC(CCCCN)C(=O)NC(CCCCN)C(=O)NC(CCC(=O)O)C(=O)NC(C(=O)O)C(C)C. The molecule has 0 fully saturated rings. The zero-order valence-corrected chi connectivity index (χ0v) is 40.1. The van der Waals surface area contributed by atoms with E-state index < -0.39 is 152 Å². The lowest BCUT2D eigenvalue weighted by Crippen LogP contribution is -2.60. The fraction of sp³-hybridized carbons (Fsp3) is 0.744. The lowest BCUT2D eigenvalue weighted by Gasteiger charge is -2.28. The van der Waals surface area contributed by atoms with Crippen LogP contribution >= 0.6 is 0 Å². The Bertz CT molecular complexity index is 1720. The second-order valence-electron chi connectivity index (χ2n) is 17.5. The minimum atomic E-state index is -1.62. The Morgan fingerprint density at radius 2 is 0.710 bits per heavy atom. The Labute approximate surface area is 401 Å². The van der Waals surface area contributed by atoms with E-state index in [1.807, 2.05) is 0 Å². The molecule has 26 nitrogen and oxygen atoms in total. The molecule has 8 unspecified atom stereocenters. The van der Waals surface area contributed by atoms with Crippen molar-refractivity contribution in [2.45, 2.75) is 172 Å². The van der Waals surface area contributed by atoms with E-state index in [2.05, 4.69) is 37.2 Å². The highest BCUT2D eigenvalue weighted by Crippen LogP contribution is 2.12. The minimum absolute atomic E-state index is 0.0304. The zero-order valence-electron chi connectivity index (χ0n) is 40.1. The highest BCUT2D eigenvalue weighted by Gasteiger charge is 2.35. The Morgan fingerprint density at radius 1 is 0.406 bits per heavy atom. The zero-order chi connectivity index (χ0) is 52.8. The summed E-state index contributed by atoms with van der Waals surface area (Å²) in [6, 6.07) is -11.5. The van der Waals surface area contributed by atoms with Crippen molar-refractivity contribution in [3.63, 3.8) is 0 Å². The van der Waals surface area contributed by atoms with Gasteiger partial charge in [0.1, 0.15) is 42.3 Å². The number of nitrogens with one attached hydrogen (secondary N) is 7. The van der Waals surface area contributed by atoms with Crippen molar-refractivity contribution in [3.05, 3.63) is 0 Å². The molecule has 0 aliphatic heterocycles. The average Bonchev–Trinajstić information content (AvgIpc) is 3.25. The van der Waals surface area contributed by atoms with Gasteiger partial charge >= 0.3 is 23.9 Å². The number of aliphatic carboxylic acids is 4. The molecule has 0 aromatic carbocycles. The molecule has 26 heteroatoms. The van der Waals surface area contributed by atoms with Gasteiger partial charge in [-0.05, 0) is 109 Å². The van der Waals surface area contributed by atoms with Crippen LogP contribution in [0.4, 0.5) is 0 Å². The maximum Gasteiger partial charge on any atom is 0.326 e. The van der Waals surface area contributed by atoms with Crippen molar-refractivity contribution in [2.24, 2.45) is 34.8 Å². The van der Waals surface area contributed by atoms with Crippen LogP contribution in [0.1, 0.15) is 124 Å². The number of carbonyl (C=O) groups excluding carboxylic acids is 7. The van der Waals surface area contributed by atoms with Gasteiger partial charge in [0.25, 0.3) is 0 Å². The molecule has 0 spiro atoms. The first-order valence-electron chi connectivity index (χ1n) is 23.2. The third-order valence-corrected chi connectivity index (χ3v) is 10.6. The topological polar surface area (TPSA) is 457 Å². The molecule has 0 heterocycles. The van der Waals surface area contributed by atoms with E-state index in [1.165, 1.54) is 13.8 Å². The van der Waals surface area contributed by atoms with Crippen molar-refractivity contribution in [2.75, 3.05) is 19.6 Å². The predicted molar refractivity (Wildman–Crippen MR) is 248 cm³/mol. The van der Waals surface area contributed by atoms with Gasteiger partial charge in [0.05, 0.1) is 12.5 Å². The van der Waals surface area contributed by atoms with E-state index in [0.29, 0.717) is 25.7 Å². The molecule has 7 amide bonds. The van der Waals surface area contributed by atoms with Crippen molar-refractivity contribution >= 4 is 65.2 Å². The summed E-state index contributed by atoms with van der Waals surface area (Å²) in [6.45, 7) is 7.16. The molecular weight excluding hydrogens is 911 g/mol. The first kappa shape index (κ1) is 63.0. The molecule has 69 heavy (non-hydrogen) atoms. The molecule has 0 aromatic heterocycles. The number of rotatable bonds is 38. The molecule has 8 atom stereocenters. The van der Waals surface area contributed by atoms with Crippen LogP contribution in [-0.2, 0) is 52.7 Å². The molecule has 0 aromatic rings. The first-order chi connectivity index (χ1) is 32.4. The maximum absolute atomic E-state index is 14.1. The second-order valence-corrected chi connectivity index (χ2v) is 17.5. The molecule has 0 rings (SSSR count). The molecule has 0 aliphatic rings. The number of nitrogens with two attached hydrogens (primary N) is 4. The van der Waals surface area contributed by atoms with Gasteiger partial charge in [0, 0.05) is 12.8 Å². The standard InChI is InChI=1S/C43H77N11O15/c1-23(2)21-31(53-36(61)25(47)22-34(59)60)42(67)50-28(13-7-10-20-46)39(64)51-29(14-16-32(55)56)40(65)49-26(11-5-8-18-44)37(62)48-27(12-6-9-19-45)38(63)52-30(15-17-33(57)58)41(66)54-35(24(3)4)43(68)69/h23-31,35H,5-22,44-47H2,1-4H3,(H,48,62)(H,49,65)(H,50,67)(H,51,64)(H,52,63)(H,53,61)(H,54,66)(H,55,56)(H,57,58)(H,59,60)(H,68,69). The summed E-state index contributed by atoms with van der Waals surface area (Å²) in [5.74, 6) is -12.7. The molecule has 19 N–H and O–H groups in total. The molecule has 0 bridgehead atoms. The van der Waals surface area contributed by atoms with E-state index in [-0.39, 0.29) is 64.1 Å². The van der Waals surface area contributed by atoms with Gasteiger partial charge in [-0.2, -0.15) is 0 Å². The lowest BCUT2D eigenvalue weighted by atomic mass is 10.0. The summed E-state index contributed by atoms with van der Waals surface area (Å²) in [5, 5.41) is 54.9. The van der Waals surface area contributed by atoms with Crippen molar-refractivity contribution in [1.82, 2.24) is 37.2 Å². The summed E-state index contributed by atoms with van der Waals surface area (Å²) >= 11 is 0. The Hall–Kier alpha value is -5.99. The van der Waals surface area contributed by atoms with Gasteiger partial charge in [-0.1, -0.05) is 27.7 Å². The molecule has 0 saturated heterocycles. The summed E-state index contributed by atoms with van der Waals surface area (Å²) in [5.41, 5.74) is 22.7. The van der Waals surface area contributed by atoms with Crippen LogP contribution in [0.5, 0.6) is 0 Å². The van der Waals surface area contributed by atoms with Crippen molar-refractivity contribution in [1.29, 1.82) is 0 Å². The molecule has 0 saturated carbocycles. The summed E-state index contributed by atoms with van der Waals surface area (Å²) in [6.07, 6.45) is -1.02. The monoisotopic (exact) mass is 988 g/mol. The number of amides is 7. The normalized spacial score (nSPS) is 14.6. The van der Waals surface area contributed by atoms with Crippen LogP contribution in [-0.4, -0.2) is 154 Å². The number of carboxylic acid groups (broad SMARTS) is 4. The Morgan fingerprint density at radius 3 is 0.986 bits per heavy atom. The highest BCUT2D eigenvalue weighted by atomic mass is 16.4. The average molecular weight is 988 g/mol. The second kappa shape index (κ2) is 34.3. The number of carbonyl (C=O) groups is 11. The van der Waals surface area contributed by atoms with Crippen molar-refractivity contribution < 1.29 is 73.2 Å². The van der Waals surface area contributed by atoms with E-state index in [1.54, 1.807) is 13.8 Å². The van der Waals surface area contributed by atoms with Gasteiger partial charge in [0.2, 0.25) is 41.4 Å². The van der Waals surface area contributed by atoms with E-state index in [0.717, 1.165) is 0 Å². The van der Waals surface area contributed by atoms with Crippen LogP contribution in [0, 0.1) is 11.8 Å². The summed E-state index contributed by atoms with van der Waals surface area (Å²) in [7, 11) is 0. The van der Waals surface area contributed by atoms with E-state index in [9.17, 15) is 68.1 Å². The largest absolute Gasteiger partial charge is 0.481 e. The summed E-state index contributed by atoms with van der Waals surface area (Å²) in [4.78, 5) is 142. The number of hydrogen-bond donors (Lipinski definition) is 15. The van der Waals surface area contributed by atoms with Crippen LogP contribution in [0.3, 0.4) is 0 Å². The van der Waals surface area contributed by atoms with Crippen LogP contribution in [0.15, 0.2) is 0 Å². The van der Waals surface area contributed by atoms with E-state index in [4.69, 9.17) is 28.0 Å². The molecule has 0 aliphatic carbocycles. The van der Waals surface area contributed by atoms with Crippen LogP contribution in [0.25, 0.3) is 0 Å². The predicted octanol–water partition coefficient (Wildman–Crippen LogP) is -2.91. The Balaban J connectivity index is 6.80. The van der Waals surface area contributed by atoms with Gasteiger partial charge in [-0.15, -0.1) is 0 Å². The van der Waals surface area contributed by atoms with Gasteiger partial charge < -0.3 is 80.6 Å². The highest BCUT2D eigenvalue weighted by molar-refractivity contribution is 5.98. The smallest absolute Gasteiger partial charge is 0.326 e. The maximum atomic E-state index is 14.1. The minimum Gasteiger partial charge on any atom is -0.481 e. The fourth-order valence-corrected chi connectivity index (χ4v) is 6.75. The number of hydrogen-bond acceptors (Lipinski definition) is 15. The third-order valence-electron chi connectivity index (χ3n) is 10.6. The quantitative estimate of drug-likeness (QED) is 0.0276. The Kier molecular flexibility index (Phi) is 31.3. The van der Waals surface area contributed by atoms with Crippen molar-refractivity contribution in [3.8, 4) is 0 Å². The fourth-order valence-electron chi connectivity index (χ4n) is 6.75. The molecule has 394 valence electrons. The third kappa shape index (κ3) is 27.0. The summed E-state index contributed by atoms with van der Waals surface area (Å²) < 4.78 is 0. The molecule has 0 radical (unpaired) electrons. The van der Waals surface area contributed by atoms with Gasteiger partial charge in [-0.3, -0.25) is 47.9 Å². The van der Waals surface area contributed by atoms with E-state index >= 15 is 0 Å². The lowest BCUT2D eigenvalue weighted by molar-refractivity contribution is -0.144. The van der Waals surface area contributed by atoms with Crippen LogP contribution < -0.4 is 60.2 Å². The van der Waals surface area contributed by atoms with Gasteiger partial charge in [0.15, 0.2) is 0 Å². The van der Waals surface area contributed by atoms with Crippen LogP contribution in [0.2, 0.25) is 0 Å².